The molecule has 0 bridgehead atoms. The van der Waals surface area contributed by atoms with E-state index in [1.165, 1.54) is 22.8 Å². The maximum atomic E-state index is 13.6. The molecule has 0 aliphatic heterocycles. The van der Waals surface area contributed by atoms with Gasteiger partial charge < -0.3 is 15.2 Å². The van der Waals surface area contributed by atoms with Gasteiger partial charge in [-0.25, -0.2) is 18.0 Å². The average molecular weight is 648 g/mol. The number of halogens is 1. The number of amides is 1. The Morgan fingerprint density at radius 3 is 2.24 bits per heavy atom. The van der Waals surface area contributed by atoms with Crippen LogP contribution >= 0.6 is 15.9 Å². The van der Waals surface area contributed by atoms with Crippen molar-refractivity contribution >= 4 is 38.0 Å². The van der Waals surface area contributed by atoms with Crippen LogP contribution in [0, 0.1) is 5.41 Å². The number of nitrogens with one attached hydrogen (secondary N) is 1. The zero-order valence-corrected chi connectivity index (χ0v) is 26.1. The predicted molar refractivity (Wildman–Crippen MR) is 157 cm³/mol. The van der Waals surface area contributed by atoms with Gasteiger partial charge in [0.05, 0.1) is 12.2 Å². The van der Waals surface area contributed by atoms with E-state index in [1.807, 2.05) is 24.3 Å². The van der Waals surface area contributed by atoms with Crippen molar-refractivity contribution in [1.82, 2.24) is 19.6 Å². The van der Waals surface area contributed by atoms with Crippen molar-refractivity contribution in [2.75, 3.05) is 0 Å². The first-order valence-corrected chi connectivity index (χ1v) is 15.1. The van der Waals surface area contributed by atoms with E-state index in [-0.39, 0.29) is 24.4 Å². The van der Waals surface area contributed by atoms with Crippen molar-refractivity contribution in [3.05, 3.63) is 88.4 Å². The SMILES string of the molecule is CC(C)(Cc1cccc(CN(Cc2ccc(Br)cc2)S(=O)(=O)c2cccnc2)n1)OC(=O)NC(C(=O)O)C(C)(C)C. The number of aromatic nitrogens is 2. The third-order valence-electron chi connectivity index (χ3n) is 6.10. The number of sulfonamides is 1. The number of nitrogens with zero attached hydrogens (tertiary/aromatic N) is 3. The average Bonchev–Trinajstić information content (AvgIpc) is 2.87. The molecule has 0 spiro atoms. The molecular weight excluding hydrogens is 612 g/mol. The minimum Gasteiger partial charge on any atom is -0.480 e. The standard InChI is InChI=1S/C29H35BrN4O6S/c1-28(2,3)25(26(35)36)33-27(37)40-29(4,5)16-22-8-6-9-23(32-22)19-34(18-20-11-13-21(30)14-12-20)41(38,39)24-10-7-15-31-17-24/h6-15,17,25H,16,18-19H2,1-5H3,(H,33,37)(H,35,36). The van der Waals surface area contributed by atoms with Crippen molar-refractivity contribution in [3.8, 4) is 0 Å². The molecule has 0 fully saturated rings. The fraction of sp³-hybridized carbons (Fsp3) is 0.379. The van der Waals surface area contributed by atoms with E-state index >= 15 is 0 Å². The molecular formula is C29H35BrN4O6S. The van der Waals surface area contributed by atoms with Crippen LogP contribution in [0.25, 0.3) is 0 Å². The molecule has 3 rings (SSSR count). The molecule has 1 amide bonds. The molecule has 1 atom stereocenters. The first kappa shape index (κ1) is 32.2. The summed E-state index contributed by atoms with van der Waals surface area (Å²) in [6.45, 7) is 8.63. The summed E-state index contributed by atoms with van der Waals surface area (Å²) in [5.41, 5.74) is 0.130. The summed E-state index contributed by atoms with van der Waals surface area (Å²) in [7, 11) is -3.91. The maximum Gasteiger partial charge on any atom is 0.408 e. The predicted octanol–water partition coefficient (Wildman–Crippen LogP) is 5.18. The van der Waals surface area contributed by atoms with Crippen molar-refractivity contribution in [2.24, 2.45) is 5.41 Å². The zero-order chi connectivity index (χ0) is 30.4. The molecule has 1 unspecified atom stereocenters. The lowest BCUT2D eigenvalue weighted by molar-refractivity contribution is -0.142. The zero-order valence-electron chi connectivity index (χ0n) is 23.7. The number of carbonyl (C=O) groups excluding carboxylic acids is 1. The van der Waals surface area contributed by atoms with Gasteiger partial charge in [-0.05, 0) is 61.2 Å². The third kappa shape index (κ3) is 9.34. The fourth-order valence-corrected chi connectivity index (χ4v) is 5.71. The Hall–Kier alpha value is -3.35. The van der Waals surface area contributed by atoms with E-state index in [0.29, 0.717) is 11.4 Å². The monoisotopic (exact) mass is 646 g/mol. The first-order valence-electron chi connectivity index (χ1n) is 12.9. The molecule has 3 aromatic rings. The van der Waals surface area contributed by atoms with Crippen LogP contribution in [0.2, 0.25) is 0 Å². The van der Waals surface area contributed by atoms with Gasteiger partial charge in [0.1, 0.15) is 16.5 Å². The smallest absolute Gasteiger partial charge is 0.408 e. The van der Waals surface area contributed by atoms with E-state index in [1.54, 1.807) is 58.9 Å². The van der Waals surface area contributed by atoms with Crippen LogP contribution in [0.4, 0.5) is 4.79 Å². The number of aliphatic carboxylic acids is 1. The quantitative estimate of drug-likeness (QED) is 0.291. The number of pyridine rings is 2. The first-order chi connectivity index (χ1) is 19.1. The lowest BCUT2D eigenvalue weighted by Crippen LogP contribution is -2.50. The fourth-order valence-electron chi connectivity index (χ4n) is 4.08. The molecule has 0 saturated heterocycles. The van der Waals surface area contributed by atoms with Gasteiger partial charge in [0.2, 0.25) is 10.0 Å². The number of benzene rings is 1. The van der Waals surface area contributed by atoms with Crippen molar-refractivity contribution in [3.63, 3.8) is 0 Å². The van der Waals surface area contributed by atoms with Gasteiger partial charge in [0.15, 0.2) is 0 Å². The summed E-state index contributed by atoms with van der Waals surface area (Å²) < 4.78 is 35.0. The molecule has 10 nitrogen and oxygen atoms in total. The van der Waals surface area contributed by atoms with Crippen LogP contribution in [0.3, 0.4) is 0 Å². The van der Waals surface area contributed by atoms with Gasteiger partial charge >= 0.3 is 12.1 Å². The van der Waals surface area contributed by atoms with Crippen molar-refractivity contribution < 1.29 is 27.9 Å². The normalized spacial score (nSPS) is 13.0. The second-order valence-corrected chi connectivity index (χ2v) is 14.2. The summed E-state index contributed by atoms with van der Waals surface area (Å²) >= 11 is 3.40. The van der Waals surface area contributed by atoms with Gasteiger partial charge in [-0.1, -0.05) is 54.9 Å². The number of rotatable bonds is 11. The Morgan fingerprint density at radius 2 is 1.66 bits per heavy atom. The highest BCUT2D eigenvalue weighted by Crippen LogP contribution is 2.23. The molecule has 2 N–H and O–H groups in total. The molecule has 0 radical (unpaired) electrons. The van der Waals surface area contributed by atoms with E-state index in [9.17, 15) is 23.1 Å². The molecule has 2 heterocycles. The highest BCUT2D eigenvalue weighted by Gasteiger charge is 2.35. The maximum absolute atomic E-state index is 13.6. The minimum atomic E-state index is -3.91. The second-order valence-electron chi connectivity index (χ2n) is 11.3. The van der Waals surface area contributed by atoms with Gasteiger partial charge in [0.25, 0.3) is 0 Å². The van der Waals surface area contributed by atoms with Gasteiger partial charge in [-0.2, -0.15) is 4.31 Å². The van der Waals surface area contributed by atoms with Crippen LogP contribution in [0.15, 0.2) is 76.4 Å². The third-order valence-corrected chi connectivity index (χ3v) is 8.40. The highest BCUT2D eigenvalue weighted by molar-refractivity contribution is 9.10. The summed E-state index contributed by atoms with van der Waals surface area (Å²) in [4.78, 5) is 32.9. The van der Waals surface area contributed by atoms with Crippen LogP contribution in [-0.2, 0) is 39.1 Å². The van der Waals surface area contributed by atoms with Crippen LogP contribution < -0.4 is 5.32 Å². The van der Waals surface area contributed by atoms with Crippen LogP contribution in [0.1, 0.15) is 51.6 Å². The number of carbonyl (C=O) groups is 2. The molecule has 0 aliphatic rings. The van der Waals surface area contributed by atoms with Gasteiger partial charge in [0, 0.05) is 35.5 Å². The number of hydrogen-bond acceptors (Lipinski definition) is 7. The number of carboxylic acids is 1. The number of alkyl carbamates (subject to hydrolysis) is 1. The summed E-state index contributed by atoms with van der Waals surface area (Å²) in [5.74, 6) is -1.16. The second kappa shape index (κ2) is 13.1. The highest BCUT2D eigenvalue weighted by atomic mass is 79.9. The molecule has 12 heteroatoms. The van der Waals surface area contributed by atoms with E-state index < -0.39 is 39.1 Å². The Bertz CT molecular complexity index is 1460. The van der Waals surface area contributed by atoms with Crippen molar-refractivity contribution in [2.45, 2.75) is 70.7 Å². The summed E-state index contributed by atoms with van der Waals surface area (Å²) in [6, 6.07) is 14.6. The molecule has 1 aromatic carbocycles. The number of ether oxygens (including phenoxy) is 1. The Kier molecular flexibility index (Phi) is 10.3. The van der Waals surface area contributed by atoms with E-state index in [0.717, 1.165) is 10.0 Å². The van der Waals surface area contributed by atoms with Gasteiger partial charge in [-0.3, -0.25) is 9.97 Å². The molecule has 0 aliphatic carbocycles. The van der Waals surface area contributed by atoms with E-state index in [4.69, 9.17) is 4.74 Å². The summed E-state index contributed by atoms with van der Waals surface area (Å²) in [5, 5.41) is 11.9. The Labute approximate surface area is 249 Å². The topological polar surface area (TPSA) is 139 Å². The summed E-state index contributed by atoms with van der Waals surface area (Å²) in [6.07, 6.45) is 2.19. The molecule has 41 heavy (non-hydrogen) atoms. The van der Waals surface area contributed by atoms with Gasteiger partial charge in [-0.15, -0.1) is 0 Å². The number of carboxylic acid groups (broad SMARTS) is 1. The van der Waals surface area contributed by atoms with Crippen LogP contribution in [-0.4, -0.2) is 51.5 Å². The molecule has 2 aromatic heterocycles. The molecule has 0 saturated carbocycles. The molecule has 220 valence electrons. The lowest BCUT2D eigenvalue weighted by Gasteiger charge is -2.30. The largest absolute Gasteiger partial charge is 0.480 e. The number of hydrogen-bond donors (Lipinski definition) is 2. The van der Waals surface area contributed by atoms with Crippen LogP contribution in [0.5, 0.6) is 0 Å². The van der Waals surface area contributed by atoms with Crippen molar-refractivity contribution in [1.29, 1.82) is 0 Å². The lowest BCUT2D eigenvalue weighted by atomic mass is 9.87. The van der Waals surface area contributed by atoms with E-state index in [2.05, 4.69) is 31.2 Å². The Balaban J connectivity index is 1.80. The minimum absolute atomic E-state index is 0.00518. The Morgan fingerprint density at radius 1 is 1.00 bits per heavy atom.